The minimum Gasteiger partial charge on any atom is -0.353 e. The third-order valence-corrected chi connectivity index (χ3v) is 7.03. The standard InChI is InChI=1S/C20H25FN4O3S2/c1-29-15-9-18(23-30(27,28)17-7-5-16(21)6-8-17)20(26)25-13-11-24(12-14-25)19-4-2-3-10-22-19/h2-8,10,18,23H,9,11-15H2,1H3. The first-order valence-electron chi connectivity index (χ1n) is 9.62. The molecule has 2 aromatic rings. The number of thioether (sulfide) groups is 1. The van der Waals surface area contributed by atoms with E-state index in [2.05, 4.69) is 14.6 Å². The maximum atomic E-state index is 13.1. The number of hydrogen-bond donors (Lipinski definition) is 1. The first-order valence-corrected chi connectivity index (χ1v) is 12.5. The summed E-state index contributed by atoms with van der Waals surface area (Å²) in [4.78, 5) is 21.2. The molecule has 7 nitrogen and oxygen atoms in total. The highest BCUT2D eigenvalue weighted by Gasteiger charge is 2.31. The predicted molar refractivity (Wildman–Crippen MR) is 117 cm³/mol. The lowest BCUT2D eigenvalue weighted by Crippen LogP contribution is -2.55. The number of hydrogen-bond acceptors (Lipinski definition) is 6. The Morgan fingerprint density at radius 3 is 2.47 bits per heavy atom. The molecule has 0 radical (unpaired) electrons. The van der Waals surface area contributed by atoms with Crippen LogP contribution in [-0.2, 0) is 14.8 Å². The molecular weight excluding hydrogens is 427 g/mol. The van der Waals surface area contributed by atoms with Crippen molar-refractivity contribution in [2.24, 2.45) is 0 Å². The van der Waals surface area contributed by atoms with Crippen LogP contribution in [-0.4, -0.2) is 68.4 Å². The number of carbonyl (C=O) groups excluding carboxylic acids is 1. The fraction of sp³-hybridized carbons (Fsp3) is 0.400. The maximum Gasteiger partial charge on any atom is 0.241 e. The van der Waals surface area contributed by atoms with Crippen LogP contribution in [0.2, 0.25) is 0 Å². The summed E-state index contributed by atoms with van der Waals surface area (Å²) in [6, 6.07) is 9.40. The molecular formula is C20H25FN4O3S2. The molecule has 2 heterocycles. The molecule has 0 saturated carbocycles. The number of pyridine rings is 1. The van der Waals surface area contributed by atoms with Gasteiger partial charge in [-0.1, -0.05) is 6.07 Å². The zero-order valence-corrected chi connectivity index (χ0v) is 18.3. The summed E-state index contributed by atoms with van der Waals surface area (Å²) in [5.74, 6) is 0.738. The van der Waals surface area contributed by atoms with Crippen molar-refractivity contribution in [3.05, 3.63) is 54.5 Å². The fourth-order valence-corrected chi connectivity index (χ4v) is 4.95. The van der Waals surface area contributed by atoms with Crippen molar-refractivity contribution in [1.29, 1.82) is 0 Å². The highest BCUT2D eigenvalue weighted by atomic mass is 32.2. The smallest absolute Gasteiger partial charge is 0.241 e. The molecule has 3 rings (SSSR count). The second-order valence-corrected chi connectivity index (χ2v) is 9.61. The van der Waals surface area contributed by atoms with Gasteiger partial charge in [0.15, 0.2) is 0 Å². The monoisotopic (exact) mass is 452 g/mol. The lowest BCUT2D eigenvalue weighted by atomic mass is 10.2. The zero-order valence-electron chi connectivity index (χ0n) is 16.7. The van der Waals surface area contributed by atoms with Crippen LogP contribution in [0.4, 0.5) is 10.2 Å². The lowest BCUT2D eigenvalue weighted by molar-refractivity contribution is -0.133. The van der Waals surface area contributed by atoms with E-state index in [1.54, 1.807) is 22.9 Å². The average Bonchev–Trinajstić information content (AvgIpc) is 2.77. The van der Waals surface area contributed by atoms with Crippen LogP contribution in [0.25, 0.3) is 0 Å². The van der Waals surface area contributed by atoms with Gasteiger partial charge >= 0.3 is 0 Å². The number of amides is 1. The predicted octanol–water partition coefficient (Wildman–Crippen LogP) is 1.97. The van der Waals surface area contributed by atoms with Gasteiger partial charge in [0.2, 0.25) is 15.9 Å². The van der Waals surface area contributed by atoms with Gasteiger partial charge in [-0.15, -0.1) is 0 Å². The van der Waals surface area contributed by atoms with Crippen molar-refractivity contribution < 1.29 is 17.6 Å². The number of nitrogens with one attached hydrogen (secondary N) is 1. The van der Waals surface area contributed by atoms with Gasteiger partial charge in [0.1, 0.15) is 17.7 Å². The Balaban J connectivity index is 1.67. The molecule has 1 saturated heterocycles. The van der Waals surface area contributed by atoms with Crippen molar-refractivity contribution in [1.82, 2.24) is 14.6 Å². The number of halogens is 1. The molecule has 1 aromatic heterocycles. The number of aromatic nitrogens is 1. The van der Waals surface area contributed by atoms with Gasteiger partial charge < -0.3 is 9.80 Å². The number of rotatable bonds is 8. The third kappa shape index (κ3) is 5.71. The second-order valence-electron chi connectivity index (χ2n) is 6.91. The lowest BCUT2D eigenvalue weighted by Gasteiger charge is -2.37. The minimum absolute atomic E-state index is 0.0641. The summed E-state index contributed by atoms with van der Waals surface area (Å²) in [5.41, 5.74) is 0. The molecule has 1 atom stereocenters. The minimum atomic E-state index is -3.94. The molecule has 0 spiro atoms. The van der Waals surface area contributed by atoms with Crippen LogP contribution in [0, 0.1) is 5.82 Å². The van der Waals surface area contributed by atoms with Gasteiger partial charge in [-0.3, -0.25) is 4.79 Å². The van der Waals surface area contributed by atoms with Gasteiger partial charge in [0.25, 0.3) is 0 Å². The van der Waals surface area contributed by atoms with E-state index in [0.29, 0.717) is 38.4 Å². The first-order chi connectivity index (χ1) is 14.4. The molecule has 1 aliphatic heterocycles. The van der Waals surface area contributed by atoms with E-state index < -0.39 is 21.9 Å². The zero-order chi connectivity index (χ0) is 21.6. The van der Waals surface area contributed by atoms with E-state index in [1.165, 1.54) is 12.1 Å². The molecule has 1 unspecified atom stereocenters. The number of piperazine rings is 1. The number of anilines is 1. The molecule has 10 heteroatoms. The third-order valence-electron chi connectivity index (χ3n) is 4.89. The summed E-state index contributed by atoms with van der Waals surface area (Å²) in [6.07, 6.45) is 4.01. The van der Waals surface area contributed by atoms with Crippen LogP contribution in [0.1, 0.15) is 6.42 Å². The van der Waals surface area contributed by atoms with E-state index in [-0.39, 0.29) is 10.8 Å². The Morgan fingerprint density at radius 1 is 1.17 bits per heavy atom. The van der Waals surface area contributed by atoms with E-state index >= 15 is 0 Å². The van der Waals surface area contributed by atoms with Gasteiger partial charge in [-0.05, 0) is 54.8 Å². The van der Waals surface area contributed by atoms with Gasteiger partial charge in [-0.25, -0.2) is 17.8 Å². The molecule has 0 bridgehead atoms. The quantitative estimate of drug-likeness (QED) is 0.660. The van der Waals surface area contributed by atoms with Gasteiger partial charge in [0.05, 0.1) is 4.90 Å². The number of nitrogens with zero attached hydrogens (tertiary/aromatic N) is 3. The summed E-state index contributed by atoms with van der Waals surface area (Å²) in [7, 11) is -3.94. The molecule has 0 aliphatic carbocycles. The molecule has 1 aliphatic rings. The summed E-state index contributed by atoms with van der Waals surface area (Å²) < 4.78 is 41.1. The topological polar surface area (TPSA) is 82.6 Å². The van der Waals surface area contributed by atoms with Crippen molar-refractivity contribution in [3.8, 4) is 0 Å². The van der Waals surface area contributed by atoms with Crippen LogP contribution >= 0.6 is 11.8 Å². The largest absolute Gasteiger partial charge is 0.353 e. The molecule has 1 N–H and O–H groups in total. The Kier molecular flexibility index (Phi) is 7.68. The van der Waals surface area contributed by atoms with Crippen molar-refractivity contribution >= 4 is 33.5 Å². The Hall–Kier alpha value is -2.17. The highest BCUT2D eigenvalue weighted by Crippen LogP contribution is 2.16. The average molecular weight is 453 g/mol. The van der Waals surface area contributed by atoms with Crippen molar-refractivity contribution in [2.75, 3.05) is 43.1 Å². The van der Waals surface area contributed by atoms with Crippen molar-refractivity contribution in [3.63, 3.8) is 0 Å². The van der Waals surface area contributed by atoms with E-state index in [0.717, 1.165) is 18.0 Å². The van der Waals surface area contributed by atoms with Gasteiger partial charge in [-0.2, -0.15) is 16.5 Å². The first kappa shape index (κ1) is 22.5. The summed E-state index contributed by atoms with van der Waals surface area (Å²) in [5, 5.41) is 0. The summed E-state index contributed by atoms with van der Waals surface area (Å²) >= 11 is 1.54. The Morgan fingerprint density at radius 2 is 1.87 bits per heavy atom. The molecule has 1 amide bonds. The fourth-order valence-electron chi connectivity index (χ4n) is 3.25. The Bertz CT molecular complexity index is 934. The normalized spacial score (nSPS) is 15.8. The number of benzene rings is 1. The van der Waals surface area contributed by atoms with Crippen molar-refractivity contribution in [2.45, 2.75) is 17.4 Å². The maximum absolute atomic E-state index is 13.1. The second kappa shape index (κ2) is 10.2. The van der Waals surface area contributed by atoms with E-state index in [9.17, 15) is 17.6 Å². The summed E-state index contributed by atoms with van der Waals surface area (Å²) in [6.45, 7) is 2.23. The van der Waals surface area contributed by atoms with E-state index in [1.807, 2.05) is 24.5 Å². The van der Waals surface area contributed by atoms with E-state index in [4.69, 9.17) is 0 Å². The Labute approximate surface area is 180 Å². The van der Waals surface area contributed by atoms with Crippen LogP contribution in [0.15, 0.2) is 53.6 Å². The van der Waals surface area contributed by atoms with Gasteiger partial charge in [0, 0.05) is 32.4 Å². The number of carbonyl (C=O) groups is 1. The molecule has 1 fully saturated rings. The molecule has 30 heavy (non-hydrogen) atoms. The molecule has 1 aromatic carbocycles. The highest BCUT2D eigenvalue weighted by molar-refractivity contribution is 7.98. The number of sulfonamides is 1. The SMILES string of the molecule is CSCCC(NS(=O)(=O)c1ccc(F)cc1)C(=O)N1CCN(c2ccccn2)CC1. The molecule has 162 valence electrons. The van der Waals surface area contributed by atoms with Crippen LogP contribution < -0.4 is 9.62 Å². The van der Waals surface area contributed by atoms with Crippen LogP contribution in [0.3, 0.4) is 0 Å². The van der Waals surface area contributed by atoms with Crippen LogP contribution in [0.5, 0.6) is 0 Å².